The Labute approximate surface area is 160 Å². The zero-order valence-corrected chi connectivity index (χ0v) is 16.1. The van der Waals surface area contributed by atoms with E-state index in [4.69, 9.17) is 4.74 Å². The number of amides is 1. The second-order valence-electron chi connectivity index (χ2n) is 7.85. The summed E-state index contributed by atoms with van der Waals surface area (Å²) >= 11 is 0. The summed E-state index contributed by atoms with van der Waals surface area (Å²) < 4.78 is 5.70. The van der Waals surface area contributed by atoms with Crippen molar-refractivity contribution >= 4 is 11.9 Å². The Morgan fingerprint density at radius 2 is 2.26 bits per heavy atom. The predicted octanol–water partition coefficient (Wildman–Crippen LogP) is 2.67. The number of hydrogen-bond acceptors (Lipinski definition) is 4. The summed E-state index contributed by atoms with van der Waals surface area (Å²) in [5.74, 6) is 0.242. The van der Waals surface area contributed by atoms with Crippen molar-refractivity contribution in [2.45, 2.75) is 45.6 Å². The Morgan fingerprint density at radius 3 is 3.00 bits per heavy atom. The van der Waals surface area contributed by atoms with E-state index in [1.807, 2.05) is 29.2 Å². The monoisotopic (exact) mass is 374 g/mol. The van der Waals surface area contributed by atoms with Crippen LogP contribution in [0, 0.1) is 11.3 Å². The largest absolute Gasteiger partial charge is 0.494 e. The van der Waals surface area contributed by atoms with Crippen molar-refractivity contribution in [3.63, 3.8) is 0 Å². The molecule has 0 aromatic heterocycles. The van der Waals surface area contributed by atoms with Crippen LogP contribution >= 0.6 is 0 Å². The fourth-order valence-electron chi connectivity index (χ4n) is 4.40. The van der Waals surface area contributed by atoms with Crippen molar-refractivity contribution in [1.29, 1.82) is 0 Å². The van der Waals surface area contributed by atoms with Crippen LogP contribution in [0.2, 0.25) is 0 Å². The lowest BCUT2D eigenvalue weighted by atomic mass is 9.81. The Bertz CT molecular complexity index is 678. The molecule has 6 nitrogen and oxygen atoms in total. The van der Waals surface area contributed by atoms with Crippen molar-refractivity contribution in [2.75, 3.05) is 26.2 Å². The number of carbonyl (C=O) groups is 2. The molecule has 1 aliphatic carbocycles. The number of carboxylic acid groups (broad SMARTS) is 1. The lowest BCUT2D eigenvalue weighted by Crippen LogP contribution is -2.39. The minimum atomic E-state index is -0.701. The average molecular weight is 374 g/mol. The summed E-state index contributed by atoms with van der Waals surface area (Å²) in [5, 5.41) is 12.6. The van der Waals surface area contributed by atoms with E-state index in [-0.39, 0.29) is 18.4 Å². The molecular formula is C21H30N2O4. The van der Waals surface area contributed by atoms with E-state index < -0.39 is 11.4 Å². The van der Waals surface area contributed by atoms with Crippen LogP contribution in [-0.4, -0.2) is 48.1 Å². The molecule has 0 bridgehead atoms. The molecule has 0 unspecified atom stereocenters. The highest BCUT2D eigenvalue weighted by Crippen LogP contribution is 2.48. The van der Waals surface area contributed by atoms with Crippen molar-refractivity contribution in [1.82, 2.24) is 10.2 Å². The fourth-order valence-corrected chi connectivity index (χ4v) is 4.40. The topological polar surface area (TPSA) is 78.9 Å². The van der Waals surface area contributed by atoms with Gasteiger partial charge in [-0.05, 0) is 42.9 Å². The van der Waals surface area contributed by atoms with Crippen LogP contribution in [0.25, 0.3) is 0 Å². The van der Waals surface area contributed by atoms with Gasteiger partial charge in [0.15, 0.2) is 0 Å². The maximum atomic E-state index is 12.3. The molecule has 2 atom stereocenters. The van der Waals surface area contributed by atoms with Crippen molar-refractivity contribution in [3.8, 4) is 5.75 Å². The van der Waals surface area contributed by atoms with Gasteiger partial charge in [0.25, 0.3) is 0 Å². The van der Waals surface area contributed by atoms with Crippen LogP contribution in [0.1, 0.15) is 44.6 Å². The van der Waals surface area contributed by atoms with Gasteiger partial charge in [-0.25, -0.2) is 0 Å². The summed E-state index contributed by atoms with van der Waals surface area (Å²) in [6.07, 6.45) is 4.78. The molecule has 148 valence electrons. The Balaban J connectivity index is 1.47. The van der Waals surface area contributed by atoms with Gasteiger partial charge in [0.05, 0.1) is 18.6 Å². The molecule has 1 saturated carbocycles. The highest BCUT2D eigenvalue weighted by atomic mass is 16.5. The second-order valence-corrected chi connectivity index (χ2v) is 7.85. The number of carboxylic acids is 1. The number of hydrogen-bond donors (Lipinski definition) is 2. The highest BCUT2D eigenvalue weighted by molar-refractivity contribution is 5.79. The first-order valence-electron chi connectivity index (χ1n) is 9.97. The normalized spacial score (nSPS) is 24.6. The predicted molar refractivity (Wildman–Crippen MR) is 103 cm³/mol. The maximum absolute atomic E-state index is 12.3. The third-order valence-corrected chi connectivity index (χ3v) is 5.89. The van der Waals surface area contributed by atoms with E-state index in [0.29, 0.717) is 26.2 Å². The first-order chi connectivity index (χ1) is 13.0. The number of nitrogens with zero attached hydrogens (tertiary/aromatic N) is 1. The number of fused-ring (bicyclic) bond motifs is 1. The number of ether oxygens (including phenoxy) is 1. The van der Waals surface area contributed by atoms with Gasteiger partial charge in [-0.2, -0.15) is 0 Å². The van der Waals surface area contributed by atoms with Crippen LogP contribution in [-0.2, 0) is 16.1 Å². The first kappa shape index (κ1) is 19.7. The standard InChI is InChI=1S/C21H30N2O4/c1-2-3-10-27-18-8-4-6-16(11-18)12-22-19(24)14-23-13-17-7-5-9-21(17,15-23)20(25)26/h4,6,8,11,17H,2-3,5,7,9-10,12-15H2,1H3,(H,22,24)(H,25,26)/t17-,21+/m0/s1. The van der Waals surface area contributed by atoms with E-state index in [1.165, 1.54) is 0 Å². The summed E-state index contributed by atoms with van der Waals surface area (Å²) in [6.45, 7) is 4.74. The Kier molecular flexibility index (Phi) is 6.37. The number of carbonyl (C=O) groups excluding carboxylic acids is 1. The third-order valence-electron chi connectivity index (χ3n) is 5.89. The van der Waals surface area contributed by atoms with Gasteiger partial charge in [-0.1, -0.05) is 31.9 Å². The van der Waals surface area contributed by atoms with Crippen LogP contribution < -0.4 is 10.1 Å². The summed E-state index contributed by atoms with van der Waals surface area (Å²) in [7, 11) is 0. The van der Waals surface area contributed by atoms with Gasteiger partial charge in [-0.15, -0.1) is 0 Å². The highest BCUT2D eigenvalue weighted by Gasteiger charge is 2.54. The number of unbranched alkanes of at least 4 members (excludes halogenated alkanes) is 1. The third kappa shape index (κ3) is 4.61. The van der Waals surface area contributed by atoms with Crippen molar-refractivity contribution in [3.05, 3.63) is 29.8 Å². The number of likely N-dealkylation sites (tertiary alicyclic amines) is 1. The minimum Gasteiger partial charge on any atom is -0.494 e. The van der Waals surface area contributed by atoms with Gasteiger partial charge in [0.2, 0.25) is 5.91 Å². The smallest absolute Gasteiger partial charge is 0.311 e. The zero-order valence-electron chi connectivity index (χ0n) is 16.1. The SMILES string of the molecule is CCCCOc1cccc(CNC(=O)CN2C[C@@H]3CCC[C@@]3(C(=O)O)C2)c1. The summed E-state index contributed by atoms with van der Waals surface area (Å²) in [6, 6.07) is 7.78. The zero-order chi connectivity index (χ0) is 19.3. The lowest BCUT2D eigenvalue weighted by molar-refractivity contribution is -0.149. The Morgan fingerprint density at radius 1 is 1.41 bits per heavy atom. The van der Waals surface area contributed by atoms with Crippen LogP contribution in [0.3, 0.4) is 0 Å². The molecule has 0 spiro atoms. The maximum Gasteiger partial charge on any atom is 0.311 e. The average Bonchev–Trinajstić information content (AvgIpc) is 3.19. The lowest BCUT2D eigenvalue weighted by Gasteiger charge is -2.23. The van der Waals surface area contributed by atoms with Gasteiger partial charge in [0.1, 0.15) is 5.75 Å². The molecule has 27 heavy (non-hydrogen) atoms. The molecule has 1 heterocycles. The van der Waals surface area contributed by atoms with Gasteiger partial charge in [0, 0.05) is 19.6 Å². The van der Waals surface area contributed by atoms with E-state index in [0.717, 1.165) is 43.4 Å². The van der Waals surface area contributed by atoms with Gasteiger partial charge >= 0.3 is 5.97 Å². The first-order valence-corrected chi connectivity index (χ1v) is 9.97. The molecule has 2 fully saturated rings. The molecule has 0 radical (unpaired) electrons. The molecule has 1 saturated heterocycles. The number of nitrogens with one attached hydrogen (secondary N) is 1. The van der Waals surface area contributed by atoms with Crippen LogP contribution in [0.15, 0.2) is 24.3 Å². The molecule has 1 aliphatic heterocycles. The Hall–Kier alpha value is -2.08. The van der Waals surface area contributed by atoms with E-state index in [1.54, 1.807) is 0 Å². The minimum absolute atomic E-state index is 0.0622. The summed E-state index contributed by atoms with van der Waals surface area (Å²) in [5.41, 5.74) is 0.363. The van der Waals surface area contributed by atoms with Gasteiger partial charge < -0.3 is 15.2 Å². The number of rotatable bonds is 9. The van der Waals surface area contributed by atoms with Crippen molar-refractivity contribution in [2.24, 2.45) is 11.3 Å². The molecule has 1 aromatic rings. The van der Waals surface area contributed by atoms with Crippen molar-refractivity contribution < 1.29 is 19.4 Å². The van der Waals surface area contributed by atoms with E-state index in [9.17, 15) is 14.7 Å². The van der Waals surface area contributed by atoms with Gasteiger partial charge in [-0.3, -0.25) is 14.5 Å². The summed E-state index contributed by atoms with van der Waals surface area (Å²) in [4.78, 5) is 26.1. The molecule has 2 N–H and O–H groups in total. The fraction of sp³-hybridized carbons (Fsp3) is 0.619. The number of aliphatic carboxylic acids is 1. The molecule has 1 aromatic carbocycles. The quantitative estimate of drug-likeness (QED) is 0.650. The van der Waals surface area contributed by atoms with Crippen LogP contribution in [0.4, 0.5) is 0 Å². The van der Waals surface area contributed by atoms with E-state index >= 15 is 0 Å². The number of benzene rings is 1. The second kappa shape index (κ2) is 8.74. The van der Waals surface area contributed by atoms with Crippen LogP contribution in [0.5, 0.6) is 5.75 Å². The molecule has 1 amide bonds. The molecular weight excluding hydrogens is 344 g/mol. The molecule has 6 heteroatoms. The van der Waals surface area contributed by atoms with E-state index in [2.05, 4.69) is 12.2 Å². The molecule has 2 aliphatic rings. The molecule has 3 rings (SSSR count).